The minimum atomic E-state index is -0.811. The molecule has 45 heavy (non-hydrogen) atoms. The van der Waals surface area contributed by atoms with Crippen LogP contribution in [0.4, 0.5) is 0 Å². The van der Waals surface area contributed by atoms with Gasteiger partial charge in [0.15, 0.2) is 0 Å². The second-order valence-corrected chi connectivity index (χ2v) is 13.6. The fraction of sp³-hybridized carbons (Fsp3) is 0.220. The zero-order chi connectivity index (χ0) is 30.6. The Labute approximate surface area is 262 Å². The van der Waals surface area contributed by atoms with E-state index in [0.29, 0.717) is 0 Å². The summed E-state index contributed by atoms with van der Waals surface area (Å²) in [4.78, 5) is 0. The number of furan rings is 1. The SMILES string of the molecule is CC1(C)Oc2ccc(-c3ccc4c(c3)oc3ccccc34)cc2C2=CC=C(C3=CC=C4Oc5ccccc5C4(C)C3)CC2(C)O1. The molecule has 2 atom stereocenters. The van der Waals surface area contributed by atoms with Crippen molar-refractivity contribution in [3.8, 4) is 22.6 Å². The molecule has 0 bridgehead atoms. The van der Waals surface area contributed by atoms with Gasteiger partial charge in [-0.05, 0) is 90.6 Å². The molecule has 0 fully saturated rings. The van der Waals surface area contributed by atoms with Crippen molar-refractivity contribution in [2.45, 2.75) is 57.3 Å². The predicted molar refractivity (Wildman–Crippen MR) is 179 cm³/mol. The van der Waals surface area contributed by atoms with Gasteiger partial charge in [-0.25, -0.2) is 0 Å². The number of hydrogen-bond acceptors (Lipinski definition) is 4. The van der Waals surface area contributed by atoms with Gasteiger partial charge in [-0.15, -0.1) is 0 Å². The lowest BCUT2D eigenvalue weighted by atomic mass is 9.70. The van der Waals surface area contributed by atoms with E-state index in [1.54, 1.807) is 0 Å². The molecule has 2 unspecified atom stereocenters. The Hall–Kier alpha value is -4.80. The highest BCUT2D eigenvalue weighted by Gasteiger charge is 2.47. The number of fused-ring (bicyclic) bond motifs is 9. The summed E-state index contributed by atoms with van der Waals surface area (Å²) in [5.41, 5.74) is 9.29. The van der Waals surface area contributed by atoms with Crippen molar-refractivity contribution in [3.05, 3.63) is 137 Å². The Morgan fingerprint density at radius 2 is 1.36 bits per heavy atom. The molecule has 9 rings (SSSR count). The number of allylic oxidation sites excluding steroid dienone is 6. The molecule has 3 heterocycles. The highest BCUT2D eigenvalue weighted by atomic mass is 16.7. The fourth-order valence-corrected chi connectivity index (χ4v) is 7.92. The third-order valence-electron chi connectivity index (χ3n) is 9.99. The van der Waals surface area contributed by atoms with E-state index in [-0.39, 0.29) is 5.41 Å². The van der Waals surface area contributed by atoms with Crippen molar-refractivity contribution in [2.24, 2.45) is 0 Å². The molecule has 0 saturated carbocycles. The number of hydrogen-bond donors (Lipinski definition) is 0. The van der Waals surface area contributed by atoms with Crippen molar-refractivity contribution in [1.82, 2.24) is 0 Å². The quantitative estimate of drug-likeness (QED) is 0.205. The summed E-state index contributed by atoms with van der Waals surface area (Å²) in [6.45, 7) is 8.52. The van der Waals surface area contributed by atoms with Crippen LogP contribution in [-0.4, -0.2) is 11.4 Å². The normalized spacial score (nSPS) is 24.5. The third kappa shape index (κ3) is 4.02. The summed E-state index contributed by atoms with van der Waals surface area (Å²) in [5.74, 6) is 2.01. The lowest BCUT2D eigenvalue weighted by Crippen LogP contribution is -2.42. The first-order valence-corrected chi connectivity index (χ1v) is 15.7. The van der Waals surface area contributed by atoms with Crippen LogP contribution in [0, 0.1) is 0 Å². The van der Waals surface area contributed by atoms with Crippen LogP contribution in [0.25, 0.3) is 38.6 Å². The molecule has 4 heteroatoms. The van der Waals surface area contributed by atoms with Crippen LogP contribution in [-0.2, 0) is 10.2 Å². The summed E-state index contributed by atoms with van der Waals surface area (Å²) in [6, 6.07) is 29.5. The topological polar surface area (TPSA) is 40.8 Å². The highest BCUT2D eigenvalue weighted by molar-refractivity contribution is 6.05. The van der Waals surface area contributed by atoms with Gasteiger partial charge in [0.1, 0.15) is 28.4 Å². The second-order valence-electron chi connectivity index (χ2n) is 13.6. The molecular weight excluding hydrogens is 556 g/mol. The molecule has 5 aromatic rings. The first-order chi connectivity index (χ1) is 21.7. The van der Waals surface area contributed by atoms with E-state index in [4.69, 9.17) is 18.6 Å². The molecule has 4 nitrogen and oxygen atoms in total. The number of rotatable bonds is 2. The Morgan fingerprint density at radius 3 is 2.27 bits per heavy atom. The van der Waals surface area contributed by atoms with Crippen molar-refractivity contribution in [3.63, 3.8) is 0 Å². The molecule has 2 aliphatic heterocycles. The van der Waals surface area contributed by atoms with E-state index in [0.717, 1.165) is 74.3 Å². The van der Waals surface area contributed by atoms with Crippen molar-refractivity contribution in [1.29, 1.82) is 0 Å². The Balaban J connectivity index is 1.12. The van der Waals surface area contributed by atoms with Crippen molar-refractivity contribution >= 4 is 27.5 Å². The van der Waals surface area contributed by atoms with Gasteiger partial charge in [-0.3, -0.25) is 0 Å². The molecule has 222 valence electrons. The lowest BCUT2D eigenvalue weighted by Gasteiger charge is -2.40. The monoisotopic (exact) mass is 590 g/mol. The second kappa shape index (κ2) is 9.12. The average Bonchev–Trinajstić information content (AvgIpc) is 3.51. The number of para-hydroxylation sites is 2. The minimum Gasteiger partial charge on any atom is -0.462 e. The van der Waals surface area contributed by atoms with Gasteiger partial charge in [0.2, 0.25) is 5.79 Å². The van der Waals surface area contributed by atoms with E-state index in [2.05, 4.69) is 105 Å². The Morgan fingerprint density at radius 1 is 0.622 bits per heavy atom. The highest BCUT2D eigenvalue weighted by Crippen LogP contribution is 2.54. The average molecular weight is 591 g/mol. The van der Waals surface area contributed by atoms with E-state index < -0.39 is 11.4 Å². The summed E-state index contributed by atoms with van der Waals surface area (Å²) >= 11 is 0. The number of ether oxygens (including phenoxy) is 3. The molecule has 0 spiro atoms. The van der Waals surface area contributed by atoms with Crippen LogP contribution in [0.1, 0.15) is 51.7 Å². The van der Waals surface area contributed by atoms with Crippen molar-refractivity contribution < 1.29 is 18.6 Å². The largest absolute Gasteiger partial charge is 0.462 e. The van der Waals surface area contributed by atoms with E-state index >= 15 is 0 Å². The fourth-order valence-electron chi connectivity index (χ4n) is 7.92. The lowest BCUT2D eigenvalue weighted by molar-refractivity contribution is -0.201. The van der Waals surface area contributed by atoms with Gasteiger partial charge in [-0.2, -0.15) is 0 Å². The summed E-state index contributed by atoms with van der Waals surface area (Å²) in [5, 5.41) is 2.27. The smallest absolute Gasteiger partial charge is 0.205 e. The van der Waals surface area contributed by atoms with Crippen molar-refractivity contribution in [2.75, 3.05) is 0 Å². The maximum absolute atomic E-state index is 6.89. The van der Waals surface area contributed by atoms with E-state index in [9.17, 15) is 0 Å². The number of benzene rings is 4. The molecule has 2 aliphatic carbocycles. The molecule has 4 aliphatic rings. The summed E-state index contributed by atoms with van der Waals surface area (Å²) in [7, 11) is 0. The molecule has 0 saturated heterocycles. The van der Waals surface area contributed by atoms with E-state index in [1.807, 2.05) is 32.0 Å². The van der Waals surface area contributed by atoms with Gasteiger partial charge in [-0.1, -0.05) is 66.8 Å². The molecule has 0 N–H and O–H groups in total. The van der Waals surface area contributed by atoms with Gasteiger partial charge in [0.05, 0.1) is 11.0 Å². The Kier molecular flexibility index (Phi) is 5.39. The molecular formula is C41H34O4. The standard InChI is InChI=1S/C41H34O4/c1-39(2)44-35-19-15-25(26-13-17-30-29-9-5-7-11-34(29)42-37(30)22-26)21-31(35)32-18-14-28(24-41(32,4)45-39)27-16-20-38-40(3,23-27)33-10-6-8-12-36(33)43-38/h5-22H,23-24H2,1-4H3. The summed E-state index contributed by atoms with van der Waals surface area (Å²) < 4.78 is 25.9. The maximum atomic E-state index is 6.89. The predicted octanol–water partition coefficient (Wildman–Crippen LogP) is 10.4. The van der Waals surface area contributed by atoms with Crippen LogP contribution in [0.2, 0.25) is 0 Å². The van der Waals surface area contributed by atoms with Gasteiger partial charge >= 0.3 is 0 Å². The van der Waals surface area contributed by atoms with Gasteiger partial charge in [0.25, 0.3) is 0 Å². The Bertz CT molecular complexity index is 2210. The minimum absolute atomic E-state index is 0.179. The van der Waals surface area contributed by atoms with Gasteiger partial charge < -0.3 is 18.6 Å². The molecule has 1 aromatic heterocycles. The van der Waals surface area contributed by atoms with Crippen LogP contribution in [0.15, 0.2) is 131 Å². The first kappa shape index (κ1) is 26.6. The molecule has 0 amide bonds. The van der Waals surface area contributed by atoms with Crippen LogP contribution in [0.3, 0.4) is 0 Å². The van der Waals surface area contributed by atoms with Crippen LogP contribution >= 0.6 is 0 Å². The third-order valence-corrected chi connectivity index (χ3v) is 9.99. The zero-order valence-electron chi connectivity index (χ0n) is 25.9. The van der Waals surface area contributed by atoms with Crippen LogP contribution in [0.5, 0.6) is 11.5 Å². The van der Waals surface area contributed by atoms with E-state index in [1.165, 1.54) is 16.7 Å². The maximum Gasteiger partial charge on any atom is 0.205 e. The first-order valence-electron chi connectivity index (χ1n) is 15.7. The summed E-state index contributed by atoms with van der Waals surface area (Å²) in [6.07, 6.45) is 10.5. The van der Waals surface area contributed by atoms with Gasteiger partial charge in [0, 0.05) is 42.2 Å². The molecule has 0 radical (unpaired) electrons. The zero-order valence-corrected chi connectivity index (χ0v) is 25.9. The van der Waals surface area contributed by atoms with Crippen LogP contribution < -0.4 is 9.47 Å². The molecule has 4 aromatic carbocycles.